The summed E-state index contributed by atoms with van der Waals surface area (Å²) < 4.78 is 13.7. The van der Waals surface area contributed by atoms with Gasteiger partial charge in [0.25, 0.3) is 0 Å². The predicted molar refractivity (Wildman–Crippen MR) is 78.5 cm³/mol. The molecule has 0 unspecified atom stereocenters. The van der Waals surface area contributed by atoms with Gasteiger partial charge >= 0.3 is 6.03 Å². The minimum atomic E-state index is -0.263. The first-order valence-electron chi connectivity index (χ1n) is 7.13. The number of hydrogen-bond donors (Lipinski definition) is 1. The number of nitrogens with one attached hydrogen (secondary N) is 1. The van der Waals surface area contributed by atoms with Crippen molar-refractivity contribution in [3.63, 3.8) is 0 Å². The van der Waals surface area contributed by atoms with Crippen LogP contribution in [-0.4, -0.2) is 49.1 Å². The molecule has 110 valence electrons. The molecule has 2 amide bonds. The minimum absolute atomic E-state index is 0.149. The predicted octanol–water partition coefficient (Wildman–Crippen LogP) is 2.56. The van der Waals surface area contributed by atoms with Gasteiger partial charge in [0, 0.05) is 25.3 Å². The molecule has 0 bridgehead atoms. The molecule has 1 heterocycles. The van der Waals surface area contributed by atoms with Gasteiger partial charge < -0.3 is 15.1 Å². The van der Waals surface area contributed by atoms with Crippen LogP contribution in [0.2, 0.25) is 0 Å². The number of hydrogen-bond acceptors (Lipinski definition) is 2. The molecule has 0 saturated carbocycles. The number of likely N-dealkylation sites (N-methyl/N-ethyl adjacent to an activating group) is 1. The van der Waals surface area contributed by atoms with E-state index in [-0.39, 0.29) is 11.8 Å². The summed E-state index contributed by atoms with van der Waals surface area (Å²) in [6.07, 6.45) is 1.62. The van der Waals surface area contributed by atoms with Gasteiger partial charge in [-0.25, -0.2) is 9.18 Å². The van der Waals surface area contributed by atoms with E-state index in [4.69, 9.17) is 0 Å². The maximum atomic E-state index is 13.7. The second kappa shape index (κ2) is 6.70. The molecule has 0 aromatic heterocycles. The van der Waals surface area contributed by atoms with Crippen molar-refractivity contribution in [2.24, 2.45) is 0 Å². The Balaban J connectivity index is 1.98. The monoisotopic (exact) mass is 279 g/mol. The molecule has 1 saturated heterocycles. The van der Waals surface area contributed by atoms with Crippen LogP contribution in [0, 0.1) is 5.82 Å². The first-order valence-corrected chi connectivity index (χ1v) is 7.13. The van der Waals surface area contributed by atoms with Crippen LogP contribution in [0.15, 0.2) is 18.2 Å². The summed E-state index contributed by atoms with van der Waals surface area (Å²) in [4.78, 5) is 16.2. The van der Waals surface area contributed by atoms with Crippen LogP contribution in [-0.2, 0) is 6.42 Å². The summed E-state index contributed by atoms with van der Waals surface area (Å²) in [7, 11) is 2.06. The van der Waals surface area contributed by atoms with Gasteiger partial charge in [0.2, 0.25) is 0 Å². The highest BCUT2D eigenvalue weighted by Gasteiger charge is 2.17. The van der Waals surface area contributed by atoms with Crippen molar-refractivity contribution in [1.29, 1.82) is 0 Å². The molecule has 0 atom stereocenters. The topological polar surface area (TPSA) is 35.6 Å². The maximum absolute atomic E-state index is 13.7. The van der Waals surface area contributed by atoms with Crippen LogP contribution in [0.3, 0.4) is 0 Å². The number of halogens is 1. The number of carbonyl (C=O) groups is 1. The highest BCUT2D eigenvalue weighted by atomic mass is 19.1. The van der Waals surface area contributed by atoms with Crippen molar-refractivity contribution in [2.45, 2.75) is 19.8 Å². The molecule has 1 aromatic carbocycles. The molecular weight excluding hydrogens is 257 g/mol. The number of aryl methyl sites for hydroxylation is 1. The molecule has 2 rings (SSSR count). The summed E-state index contributed by atoms with van der Waals surface area (Å²) in [5, 5.41) is 2.77. The quantitative estimate of drug-likeness (QED) is 0.903. The van der Waals surface area contributed by atoms with Crippen molar-refractivity contribution in [1.82, 2.24) is 9.80 Å². The molecule has 5 heteroatoms. The number of rotatable bonds is 2. The van der Waals surface area contributed by atoms with E-state index in [0.29, 0.717) is 24.2 Å². The van der Waals surface area contributed by atoms with E-state index in [1.807, 2.05) is 6.92 Å². The molecule has 1 N–H and O–H groups in total. The minimum Gasteiger partial charge on any atom is -0.323 e. The van der Waals surface area contributed by atoms with Gasteiger partial charge in [-0.1, -0.05) is 13.0 Å². The Morgan fingerprint density at radius 3 is 2.80 bits per heavy atom. The van der Waals surface area contributed by atoms with Gasteiger partial charge in [-0.05, 0) is 44.1 Å². The largest absolute Gasteiger partial charge is 0.323 e. The number of benzene rings is 1. The third kappa shape index (κ3) is 3.70. The molecule has 0 radical (unpaired) electrons. The first-order chi connectivity index (χ1) is 9.60. The zero-order chi connectivity index (χ0) is 14.5. The van der Waals surface area contributed by atoms with Crippen molar-refractivity contribution in [3.8, 4) is 0 Å². The molecular formula is C15H22FN3O. The lowest BCUT2D eigenvalue weighted by molar-refractivity contribution is 0.213. The Labute approximate surface area is 119 Å². The van der Waals surface area contributed by atoms with E-state index >= 15 is 0 Å². The molecule has 1 aliphatic heterocycles. The van der Waals surface area contributed by atoms with E-state index in [9.17, 15) is 9.18 Å². The second-order valence-corrected chi connectivity index (χ2v) is 5.23. The van der Waals surface area contributed by atoms with Gasteiger partial charge in [0.1, 0.15) is 5.82 Å². The van der Waals surface area contributed by atoms with E-state index in [2.05, 4.69) is 17.3 Å². The zero-order valence-corrected chi connectivity index (χ0v) is 12.2. The lowest BCUT2D eigenvalue weighted by Gasteiger charge is -2.21. The van der Waals surface area contributed by atoms with Crippen molar-refractivity contribution < 1.29 is 9.18 Å². The van der Waals surface area contributed by atoms with Gasteiger partial charge in [0.15, 0.2) is 0 Å². The lowest BCUT2D eigenvalue weighted by atomic mass is 10.1. The molecule has 1 aliphatic rings. The summed E-state index contributed by atoms with van der Waals surface area (Å²) in [6.45, 7) is 5.23. The van der Waals surface area contributed by atoms with E-state index in [0.717, 1.165) is 26.1 Å². The van der Waals surface area contributed by atoms with Crippen LogP contribution in [0.25, 0.3) is 0 Å². The van der Waals surface area contributed by atoms with Gasteiger partial charge in [-0.2, -0.15) is 0 Å². The van der Waals surface area contributed by atoms with Crippen LogP contribution in [0.5, 0.6) is 0 Å². The fourth-order valence-corrected chi connectivity index (χ4v) is 2.36. The number of carbonyl (C=O) groups excluding carboxylic acids is 1. The van der Waals surface area contributed by atoms with E-state index in [1.165, 1.54) is 6.07 Å². The smallest absolute Gasteiger partial charge is 0.321 e. The maximum Gasteiger partial charge on any atom is 0.321 e. The number of urea groups is 1. The van der Waals surface area contributed by atoms with Gasteiger partial charge in [-0.15, -0.1) is 0 Å². The summed E-state index contributed by atoms with van der Waals surface area (Å²) >= 11 is 0. The lowest BCUT2D eigenvalue weighted by Crippen LogP contribution is -2.37. The Hall–Kier alpha value is -1.62. The number of amides is 2. The average Bonchev–Trinajstić information content (AvgIpc) is 2.64. The average molecular weight is 279 g/mol. The van der Waals surface area contributed by atoms with Crippen LogP contribution in [0.1, 0.15) is 18.9 Å². The molecule has 1 aromatic rings. The molecule has 0 spiro atoms. The number of anilines is 1. The van der Waals surface area contributed by atoms with Gasteiger partial charge in [0.05, 0.1) is 0 Å². The van der Waals surface area contributed by atoms with Crippen molar-refractivity contribution in [3.05, 3.63) is 29.6 Å². The molecule has 1 fully saturated rings. The Morgan fingerprint density at radius 1 is 1.30 bits per heavy atom. The Bertz CT molecular complexity index is 478. The summed E-state index contributed by atoms with van der Waals surface area (Å²) in [6, 6.07) is 4.72. The normalized spacial score (nSPS) is 16.9. The third-order valence-electron chi connectivity index (χ3n) is 3.69. The highest BCUT2D eigenvalue weighted by molar-refractivity contribution is 5.89. The SMILES string of the molecule is CCc1ccc(NC(=O)N2CCCN(C)CC2)cc1F. The first kappa shape index (κ1) is 14.8. The number of nitrogens with zero attached hydrogens (tertiary/aromatic N) is 2. The summed E-state index contributed by atoms with van der Waals surface area (Å²) in [5.41, 5.74) is 1.18. The summed E-state index contributed by atoms with van der Waals surface area (Å²) in [5.74, 6) is -0.263. The fourth-order valence-electron chi connectivity index (χ4n) is 2.36. The molecule has 20 heavy (non-hydrogen) atoms. The van der Waals surface area contributed by atoms with E-state index < -0.39 is 0 Å². The molecule has 4 nitrogen and oxygen atoms in total. The van der Waals surface area contributed by atoms with Crippen LogP contribution < -0.4 is 5.32 Å². The van der Waals surface area contributed by atoms with Crippen LogP contribution >= 0.6 is 0 Å². The highest BCUT2D eigenvalue weighted by Crippen LogP contribution is 2.16. The third-order valence-corrected chi connectivity index (χ3v) is 3.69. The van der Waals surface area contributed by atoms with Crippen LogP contribution in [0.4, 0.5) is 14.9 Å². The van der Waals surface area contributed by atoms with Gasteiger partial charge in [-0.3, -0.25) is 0 Å². The second-order valence-electron chi connectivity index (χ2n) is 5.23. The zero-order valence-electron chi connectivity index (χ0n) is 12.2. The van der Waals surface area contributed by atoms with Crippen molar-refractivity contribution >= 4 is 11.7 Å². The molecule has 0 aliphatic carbocycles. The Morgan fingerprint density at radius 2 is 2.10 bits per heavy atom. The standard InChI is InChI=1S/C15H22FN3O/c1-3-12-5-6-13(11-14(12)16)17-15(20)19-8-4-7-18(2)9-10-19/h5-6,11H,3-4,7-10H2,1-2H3,(H,17,20). The fraction of sp³-hybridized carbons (Fsp3) is 0.533. The van der Waals surface area contributed by atoms with E-state index in [1.54, 1.807) is 17.0 Å². The van der Waals surface area contributed by atoms with Crippen molar-refractivity contribution in [2.75, 3.05) is 38.5 Å². The Kier molecular flexibility index (Phi) is 4.95.